The van der Waals surface area contributed by atoms with E-state index in [1.54, 1.807) is 18.2 Å². The quantitative estimate of drug-likeness (QED) is 0.789. The van der Waals surface area contributed by atoms with Crippen molar-refractivity contribution in [3.05, 3.63) is 29.8 Å². The van der Waals surface area contributed by atoms with Crippen LogP contribution < -0.4 is 16.0 Å². The van der Waals surface area contributed by atoms with E-state index in [1.165, 1.54) is 0 Å². The molecule has 0 aromatic heterocycles. The maximum absolute atomic E-state index is 12.4. The van der Waals surface area contributed by atoms with Gasteiger partial charge in [0.2, 0.25) is 5.91 Å². The van der Waals surface area contributed by atoms with E-state index < -0.39 is 0 Å². The number of hydrogen-bond acceptors (Lipinski definition) is 4. The molecule has 3 N–H and O–H groups in total. The Labute approximate surface area is 142 Å². The van der Waals surface area contributed by atoms with Gasteiger partial charge in [0.1, 0.15) is 0 Å². The number of carbonyl (C=O) groups excluding carboxylic acids is 2. The number of thioether (sulfide) groups is 1. The van der Waals surface area contributed by atoms with Crippen molar-refractivity contribution in [2.45, 2.75) is 38.8 Å². The summed E-state index contributed by atoms with van der Waals surface area (Å²) in [4.78, 5) is 24.6. The molecule has 1 aromatic carbocycles. The molecule has 1 fully saturated rings. The second kappa shape index (κ2) is 7.84. The number of anilines is 1. The maximum Gasteiger partial charge on any atom is 0.253 e. The van der Waals surface area contributed by atoms with Gasteiger partial charge in [0, 0.05) is 36.1 Å². The molecule has 126 valence electrons. The van der Waals surface area contributed by atoms with Gasteiger partial charge in [0.05, 0.1) is 11.3 Å². The third-order valence-corrected chi connectivity index (χ3v) is 4.50. The SMILES string of the molecule is CC(C)(C)NC(=O)c1ccccc1NC(=O)CC1CSCCN1. The Balaban J connectivity index is 2.01. The van der Waals surface area contributed by atoms with Crippen LogP contribution in [-0.4, -0.2) is 41.4 Å². The predicted molar refractivity (Wildman–Crippen MR) is 96.0 cm³/mol. The number of amides is 2. The number of carbonyl (C=O) groups is 2. The van der Waals surface area contributed by atoms with Crippen LogP contribution in [0.15, 0.2) is 24.3 Å². The topological polar surface area (TPSA) is 70.2 Å². The highest BCUT2D eigenvalue weighted by atomic mass is 32.2. The van der Waals surface area contributed by atoms with E-state index in [-0.39, 0.29) is 23.4 Å². The van der Waals surface area contributed by atoms with E-state index in [2.05, 4.69) is 16.0 Å². The summed E-state index contributed by atoms with van der Waals surface area (Å²) >= 11 is 1.86. The van der Waals surface area contributed by atoms with Crippen molar-refractivity contribution in [1.29, 1.82) is 0 Å². The van der Waals surface area contributed by atoms with Crippen LogP contribution in [0.4, 0.5) is 5.69 Å². The summed E-state index contributed by atoms with van der Waals surface area (Å²) in [5.41, 5.74) is 0.724. The van der Waals surface area contributed by atoms with Crippen LogP contribution in [0.25, 0.3) is 0 Å². The normalized spacial score (nSPS) is 18.3. The van der Waals surface area contributed by atoms with Crippen LogP contribution in [0, 0.1) is 0 Å². The van der Waals surface area contributed by atoms with Gasteiger partial charge >= 0.3 is 0 Å². The predicted octanol–water partition coefficient (Wildman–Crippen LogP) is 2.25. The molecule has 1 atom stereocenters. The first-order valence-electron chi connectivity index (χ1n) is 7.88. The second-order valence-electron chi connectivity index (χ2n) is 6.73. The lowest BCUT2D eigenvalue weighted by Crippen LogP contribution is -2.41. The fraction of sp³-hybridized carbons (Fsp3) is 0.529. The average Bonchev–Trinajstić information content (AvgIpc) is 2.47. The van der Waals surface area contributed by atoms with Crippen LogP contribution in [0.5, 0.6) is 0 Å². The summed E-state index contributed by atoms with van der Waals surface area (Å²) in [5, 5.41) is 9.14. The Morgan fingerprint density at radius 1 is 1.30 bits per heavy atom. The molecule has 2 rings (SSSR count). The highest BCUT2D eigenvalue weighted by molar-refractivity contribution is 7.99. The summed E-state index contributed by atoms with van der Waals surface area (Å²) < 4.78 is 0. The molecule has 1 aliphatic rings. The van der Waals surface area contributed by atoms with E-state index in [4.69, 9.17) is 0 Å². The molecule has 0 saturated carbocycles. The van der Waals surface area contributed by atoms with Crippen LogP contribution >= 0.6 is 11.8 Å². The summed E-state index contributed by atoms with van der Waals surface area (Å²) in [5.74, 6) is 1.79. The average molecular weight is 335 g/mol. The monoisotopic (exact) mass is 335 g/mol. The van der Waals surface area contributed by atoms with Crippen molar-refractivity contribution in [2.24, 2.45) is 0 Å². The molecule has 1 saturated heterocycles. The van der Waals surface area contributed by atoms with Crippen LogP contribution in [0.3, 0.4) is 0 Å². The molecule has 6 heteroatoms. The second-order valence-corrected chi connectivity index (χ2v) is 7.88. The van der Waals surface area contributed by atoms with E-state index in [0.717, 1.165) is 18.1 Å². The Bertz CT molecular complexity index is 563. The number of nitrogens with one attached hydrogen (secondary N) is 3. The van der Waals surface area contributed by atoms with Crippen molar-refractivity contribution < 1.29 is 9.59 Å². The molecule has 2 amide bonds. The zero-order valence-corrected chi connectivity index (χ0v) is 14.8. The Kier molecular flexibility index (Phi) is 6.07. The Hall–Kier alpha value is -1.53. The standard InChI is InChI=1S/C17H25N3O2S/c1-17(2,3)20-16(22)13-6-4-5-7-14(13)19-15(21)10-12-11-23-9-8-18-12/h4-7,12,18H,8-11H2,1-3H3,(H,19,21)(H,20,22). The minimum absolute atomic E-state index is 0.0685. The van der Waals surface area contributed by atoms with Crippen molar-refractivity contribution in [3.63, 3.8) is 0 Å². The minimum atomic E-state index is -0.322. The molecular weight excluding hydrogens is 310 g/mol. The molecule has 0 radical (unpaired) electrons. The third kappa shape index (κ3) is 5.88. The highest BCUT2D eigenvalue weighted by Crippen LogP contribution is 2.17. The lowest BCUT2D eigenvalue weighted by atomic mass is 10.1. The zero-order chi connectivity index (χ0) is 16.9. The number of rotatable bonds is 4. The van der Waals surface area contributed by atoms with E-state index in [0.29, 0.717) is 17.7 Å². The van der Waals surface area contributed by atoms with Crippen LogP contribution in [0.2, 0.25) is 0 Å². The summed E-state index contributed by atoms with van der Waals surface area (Å²) in [7, 11) is 0. The first-order valence-corrected chi connectivity index (χ1v) is 9.03. The fourth-order valence-electron chi connectivity index (χ4n) is 2.37. The number of para-hydroxylation sites is 1. The van der Waals surface area contributed by atoms with Crippen molar-refractivity contribution in [1.82, 2.24) is 10.6 Å². The lowest BCUT2D eigenvalue weighted by molar-refractivity contribution is -0.116. The molecule has 1 aliphatic heterocycles. The number of hydrogen-bond donors (Lipinski definition) is 3. The van der Waals surface area contributed by atoms with Gasteiger partial charge in [0.25, 0.3) is 5.91 Å². The van der Waals surface area contributed by atoms with Crippen molar-refractivity contribution in [2.75, 3.05) is 23.4 Å². The summed E-state index contributed by atoms with van der Waals surface area (Å²) in [6, 6.07) is 7.30. The fourth-order valence-corrected chi connectivity index (χ4v) is 3.32. The summed E-state index contributed by atoms with van der Waals surface area (Å²) in [6.07, 6.45) is 0.419. The van der Waals surface area contributed by atoms with Crippen LogP contribution in [-0.2, 0) is 4.79 Å². The van der Waals surface area contributed by atoms with Crippen molar-refractivity contribution in [3.8, 4) is 0 Å². The number of benzene rings is 1. The van der Waals surface area contributed by atoms with Crippen molar-refractivity contribution >= 4 is 29.3 Å². The lowest BCUT2D eigenvalue weighted by Gasteiger charge is -2.23. The highest BCUT2D eigenvalue weighted by Gasteiger charge is 2.20. The van der Waals surface area contributed by atoms with Gasteiger partial charge in [-0.2, -0.15) is 11.8 Å². The molecule has 1 unspecified atom stereocenters. The van der Waals surface area contributed by atoms with Gasteiger partial charge in [-0.15, -0.1) is 0 Å². The first-order chi connectivity index (χ1) is 10.8. The zero-order valence-electron chi connectivity index (χ0n) is 13.9. The van der Waals surface area contributed by atoms with Gasteiger partial charge in [-0.25, -0.2) is 0 Å². The Morgan fingerprint density at radius 2 is 2.04 bits per heavy atom. The van der Waals surface area contributed by atoms with E-state index in [9.17, 15) is 9.59 Å². The molecule has 1 heterocycles. The van der Waals surface area contributed by atoms with Crippen LogP contribution in [0.1, 0.15) is 37.6 Å². The smallest absolute Gasteiger partial charge is 0.253 e. The van der Waals surface area contributed by atoms with E-state index in [1.807, 2.05) is 38.6 Å². The maximum atomic E-state index is 12.4. The largest absolute Gasteiger partial charge is 0.347 e. The van der Waals surface area contributed by atoms with Gasteiger partial charge in [-0.1, -0.05) is 12.1 Å². The minimum Gasteiger partial charge on any atom is -0.347 e. The van der Waals surface area contributed by atoms with Gasteiger partial charge < -0.3 is 16.0 Å². The molecule has 0 bridgehead atoms. The Morgan fingerprint density at radius 3 is 2.70 bits per heavy atom. The molecule has 1 aromatic rings. The van der Waals surface area contributed by atoms with Gasteiger partial charge in [0.15, 0.2) is 0 Å². The van der Waals surface area contributed by atoms with Gasteiger partial charge in [-0.05, 0) is 32.9 Å². The van der Waals surface area contributed by atoms with Gasteiger partial charge in [-0.3, -0.25) is 9.59 Å². The molecular formula is C17H25N3O2S. The van der Waals surface area contributed by atoms with E-state index >= 15 is 0 Å². The third-order valence-electron chi connectivity index (χ3n) is 3.36. The molecule has 0 aliphatic carbocycles. The molecule has 23 heavy (non-hydrogen) atoms. The first kappa shape index (κ1) is 17.8. The molecule has 5 nitrogen and oxygen atoms in total. The summed E-state index contributed by atoms with van der Waals surface area (Å²) in [6.45, 7) is 6.72. The molecule has 0 spiro atoms.